The summed E-state index contributed by atoms with van der Waals surface area (Å²) in [6.07, 6.45) is -2.37. The van der Waals surface area contributed by atoms with Gasteiger partial charge in [0.1, 0.15) is 0 Å². The molecule has 0 saturated carbocycles. The molecule has 0 saturated heterocycles. The van der Waals surface area contributed by atoms with E-state index in [4.69, 9.17) is 0 Å². The van der Waals surface area contributed by atoms with Crippen molar-refractivity contribution in [2.75, 3.05) is 6.26 Å². The van der Waals surface area contributed by atoms with E-state index in [9.17, 15) is 21.6 Å². The van der Waals surface area contributed by atoms with Crippen molar-refractivity contribution in [3.63, 3.8) is 0 Å². The number of aromatic nitrogens is 1. The number of sulfone groups is 1. The molecule has 0 bridgehead atoms. The second kappa shape index (κ2) is 6.32. The zero-order valence-corrected chi connectivity index (χ0v) is 14.9. The molecule has 0 atom stereocenters. The Kier molecular flexibility index (Phi) is 4.44. The lowest BCUT2D eigenvalue weighted by Crippen LogP contribution is -2.03. The quantitative estimate of drug-likeness (QED) is 0.651. The van der Waals surface area contributed by atoms with Crippen LogP contribution in [0.2, 0.25) is 0 Å². The molecule has 26 heavy (non-hydrogen) atoms. The van der Waals surface area contributed by atoms with Crippen LogP contribution in [0, 0.1) is 6.92 Å². The lowest BCUT2D eigenvalue weighted by atomic mass is 10.1. The van der Waals surface area contributed by atoms with Crippen molar-refractivity contribution < 1.29 is 21.6 Å². The van der Waals surface area contributed by atoms with E-state index >= 15 is 0 Å². The third-order valence-electron chi connectivity index (χ3n) is 4.00. The number of hydrogen-bond acceptors (Lipinski definition) is 2. The Morgan fingerprint density at radius 2 is 1.62 bits per heavy atom. The van der Waals surface area contributed by atoms with Gasteiger partial charge in [-0.3, -0.25) is 0 Å². The molecule has 0 radical (unpaired) electrons. The van der Waals surface area contributed by atoms with Gasteiger partial charge in [-0.05, 0) is 48.9 Å². The van der Waals surface area contributed by atoms with Crippen molar-refractivity contribution >= 4 is 9.84 Å². The van der Waals surface area contributed by atoms with Gasteiger partial charge in [0.05, 0.1) is 16.2 Å². The normalized spacial score (nSPS) is 12.3. The highest BCUT2D eigenvalue weighted by atomic mass is 32.2. The van der Waals surface area contributed by atoms with Gasteiger partial charge in [0, 0.05) is 18.1 Å². The summed E-state index contributed by atoms with van der Waals surface area (Å²) >= 11 is 0. The average molecular weight is 379 g/mol. The number of rotatable bonds is 3. The van der Waals surface area contributed by atoms with E-state index in [0.717, 1.165) is 24.1 Å². The molecule has 0 unspecified atom stereocenters. The summed E-state index contributed by atoms with van der Waals surface area (Å²) in [6.45, 7) is 1.86. The van der Waals surface area contributed by atoms with Crippen molar-refractivity contribution in [3.8, 4) is 16.9 Å². The molecule has 2 aromatic carbocycles. The molecule has 0 spiro atoms. The number of halogens is 3. The molecule has 7 heteroatoms. The number of hydrogen-bond donors (Lipinski definition) is 0. The van der Waals surface area contributed by atoms with Crippen molar-refractivity contribution in [2.24, 2.45) is 0 Å². The lowest BCUT2D eigenvalue weighted by Gasteiger charge is -2.10. The Labute approximate surface area is 149 Å². The predicted octanol–water partition coefficient (Wildman–Crippen LogP) is 4.88. The van der Waals surface area contributed by atoms with Gasteiger partial charge in [0.15, 0.2) is 9.84 Å². The number of aryl methyl sites for hydroxylation is 1. The van der Waals surface area contributed by atoms with Crippen LogP contribution in [0.5, 0.6) is 0 Å². The molecule has 0 fully saturated rings. The Morgan fingerprint density at radius 3 is 2.15 bits per heavy atom. The first-order chi connectivity index (χ1) is 12.1. The number of alkyl halides is 3. The summed E-state index contributed by atoms with van der Waals surface area (Å²) in [4.78, 5) is 0.113. The van der Waals surface area contributed by atoms with Crippen LogP contribution in [0.15, 0.2) is 65.7 Å². The van der Waals surface area contributed by atoms with E-state index in [1.54, 1.807) is 18.2 Å². The fourth-order valence-corrected chi connectivity index (χ4v) is 3.34. The first kappa shape index (κ1) is 18.3. The maximum absolute atomic E-state index is 13.2. The van der Waals surface area contributed by atoms with Crippen LogP contribution in [0.25, 0.3) is 16.9 Å². The average Bonchev–Trinajstić information content (AvgIpc) is 3.00. The second-order valence-electron chi connectivity index (χ2n) is 6.12. The minimum Gasteiger partial charge on any atom is -0.316 e. The highest BCUT2D eigenvalue weighted by Gasteiger charge is 2.33. The Hall–Kier alpha value is -2.54. The smallest absolute Gasteiger partial charge is 0.316 e. The largest absolute Gasteiger partial charge is 0.417 e. The van der Waals surface area contributed by atoms with Crippen LogP contribution < -0.4 is 0 Å². The van der Waals surface area contributed by atoms with Gasteiger partial charge < -0.3 is 4.57 Å². The molecular weight excluding hydrogens is 363 g/mol. The van der Waals surface area contributed by atoms with Crippen LogP contribution in [-0.2, 0) is 16.0 Å². The minimum absolute atomic E-state index is 0.113. The molecular formula is C19H16F3NO2S. The fourth-order valence-electron chi connectivity index (χ4n) is 2.71. The first-order valence-electron chi connectivity index (χ1n) is 7.73. The zero-order valence-electron chi connectivity index (χ0n) is 14.1. The zero-order chi connectivity index (χ0) is 19.1. The SMILES string of the molecule is Cc1cccc(-c2cc(C(F)(F)F)cn2-c2ccc(S(C)(=O)=O)cc2)c1. The van der Waals surface area contributed by atoms with Gasteiger partial charge in [-0.2, -0.15) is 13.2 Å². The summed E-state index contributed by atoms with van der Waals surface area (Å²) < 4.78 is 64.3. The summed E-state index contributed by atoms with van der Waals surface area (Å²) in [6, 6.07) is 14.0. The number of nitrogens with zero attached hydrogens (tertiary/aromatic N) is 1. The monoisotopic (exact) mass is 379 g/mol. The molecule has 1 heterocycles. The maximum Gasteiger partial charge on any atom is 0.417 e. The molecule has 3 nitrogen and oxygen atoms in total. The van der Waals surface area contributed by atoms with E-state index in [1.165, 1.54) is 28.8 Å². The molecule has 0 aliphatic rings. The van der Waals surface area contributed by atoms with E-state index in [1.807, 2.05) is 13.0 Å². The van der Waals surface area contributed by atoms with Gasteiger partial charge in [0.2, 0.25) is 0 Å². The molecule has 136 valence electrons. The van der Waals surface area contributed by atoms with Crippen molar-refractivity contribution in [2.45, 2.75) is 18.0 Å². The van der Waals surface area contributed by atoms with Gasteiger partial charge in [-0.1, -0.05) is 23.8 Å². The summed E-state index contributed by atoms with van der Waals surface area (Å²) in [7, 11) is -3.38. The van der Waals surface area contributed by atoms with Crippen LogP contribution in [0.4, 0.5) is 13.2 Å². The third kappa shape index (κ3) is 3.67. The molecule has 1 aromatic heterocycles. The van der Waals surface area contributed by atoms with Gasteiger partial charge in [0.25, 0.3) is 0 Å². The van der Waals surface area contributed by atoms with Crippen molar-refractivity contribution in [1.29, 1.82) is 0 Å². The summed E-state index contributed by atoms with van der Waals surface area (Å²) in [5.41, 5.74) is 1.64. The van der Waals surface area contributed by atoms with E-state index in [2.05, 4.69) is 0 Å². The van der Waals surface area contributed by atoms with Crippen LogP contribution in [0.1, 0.15) is 11.1 Å². The summed E-state index contributed by atoms with van der Waals surface area (Å²) in [5.74, 6) is 0. The molecule has 0 N–H and O–H groups in total. The summed E-state index contributed by atoms with van der Waals surface area (Å²) in [5, 5.41) is 0. The maximum atomic E-state index is 13.2. The highest BCUT2D eigenvalue weighted by Crippen LogP contribution is 2.35. The fraction of sp³-hybridized carbons (Fsp3) is 0.158. The van der Waals surface area contributed by atoms with Crippen LogP contribution >= 0.6 is 0 Å². The van der Waals surface area contributed by atoms with Gasteiger partial charge >= 0.3 is 6.18 Å². The highest BCUT2D eigenvalue weighted by molar-refractivity contribution is 7.90. The van der Waals surface area contributed by atoms with E-state index in [0.29, 0.717) is 16.9 Å². The lowest BCUT2D eigenvalue weighted by molar-refractivity contribution is -0.137. The topological polar surface area (TPSA) is 39.1 Å². The third-order valence-corrected chi connectivity index (χ3v) is 5.13. The molecule has 3 aromatic rings. The standard InChI is InChI=1S/C19H16F3NO2S/c1-13-4-3-5-14(10-13)18-11-15(19(20,21)22)12-23(18)16-6-8-17(9-7-16)26(2,24)25/h3-12H,1-2H3. The van der Waals surface area contributed by atoms with Crippen LogP contribution in [0.3, 0.4) is 0 Å². The molecule has 3 rings (SSSR count). The second-order valence-corrected chi connectivity index (χ2v) is 8.13. The molecule has 0 aliphatic heterocycles. The molecule has 0 aliphatic carbocycles. The van der Waals surface area contributed by atoms with Crippen molar-refractivity contribution in [1.82, 2.24) is 4.57 Å². The Morgan fingerprint density at radius 1 is 0.962 bits per heavy atom. The first-order valence-corrected chi connectivity index (χ1v) is 9.62. The van der Waals surface area contributed by atoms with Crippen LogP contribution in [-0.4, -0.2) is 19.2 Å². The predicted molar refractivity (Wildman–Crippen MR) is 94.1 cm³/mol. The van der Waals surface area contributed by atoms with Crippen molar-refractivity contribution in [3.05, 3.63) is 71.9 Å². The Balaban J connectivity index is 2.18. The van der Waals surface area contributed by atoms with E-state index in [-0.39, 0.29) is 4.90 Å². The van der Waals surface area contributed by atoms with E-state index < -0.39 is 21.6 Å². The van der Waals surface area contributed by atoms with Gasteiger partial charge in [-0.15, -0.1) is 0 Å². The van der Waals surface area contributed by atoms with Gasteiger partial charge in [-0.25, -0.2) is 8.42 Å². The molecule has 0 amide bonds. The minimum atomic E-state index is -4.48. The number of benzene rings is 2. The Bertz CT molecular complexity index is 1050.